The van der Waals surface area contributed by atoms with Gasteiger partial charge in [-0.3, -0.25) is 4.79 Å². The van der Waals surface area contributed by atoms with Crippen molar-refractivity contribution < 1.29 is 19.4 Å². The third kappa shape index (κ3) is 4.41. The van der Waals surface area contributed by atoms with Crippen molar-refractivity contribution in [3.63, 3.8) is 0 Å². The van der Waals surface area contributed by atoms with Crippen molar-refractivity contribution in [1.29, 1.82) is 0 Å². The monoisotopic (exact) mass is 345 g/mol. The zero-order valence-electron chi connectivity index (χ0n) is 15.7. The summed E-state index contributed by atoms with van der Waals surface area (Å²) >= 11 is 0. The van der Waals surface area contributed by atoms with Gasteiger partial charge in [0, 0.05) is 18.9 Å². The summed E-state index contributed by atoms with van der Waals surface area (Å²) in [6, 6.07) is 5.35. The van der Waals surface area contributed by atoms with Gasteiger partial charge < -0.3 is 14.6 Å². The molecule has 0 amide bonds. The fourth-order valence-corrected chi connectivity index (χ4v) is 3.10. The largest absolute Gasteiger partial charge is 0.511 e. The molecule has 2 rings (SSSR count). The molecule has 0 aliphatic heterocycles. The van der Waals surface area contributed by atoms with E-state index in [1.807, 2.05) is 20.8 Å². The summed E-state index contributed by atoms with van der Waals surface area (Å²) in [5.74, 6) is 1.32. The second kappa shape index (κ2) is 7.72. The minimum Gasteiger partial charge on any atom is -0.511 e. The maximum atomic E-state index is 12.6. The summed E-state index contributed by atoms with van der Waals surface area (Å²) in [6.45, 7) is 6.05. The molecule has 5 heteroatoms. The normalized spacial score (nSPS) is 20.5. The fourth-order valence-electron chi connectivity index (χ4n) is 3.10. The molecule has 0 saturated heterocycles. The molecule has 1 N–H and O–H groups in total. The van der Waals surface area contributed by atoms with Crippen LogP contribution in [0.4, 0.5) is 5.69 Å². The van der Waals surface area contributed by atoms with Gasteiger partial charge in [0.15, 0.2) is 5.78 Å². The van der Waals surface area contributed by atoms with Crippen LogP contribution in [0.3, 0.4) is 0 Å². The fraction of sp³-hybridized carbons (Fsp3) is 0.500. The van der Waals surface area contributed by atoms with Crippen molar-refractivity contribution in [1.82, 2.24) is 0 Å². The van der Waals surface area contributed by atoms with Crippen LogP contribution in [0, 0.1) is 5.41 Å². The van der Waals surface area contributed by atoms with E-state index in [4.69, 9.17) is 14.5 Å². The number of benzene rings is 1. The van der Waals surface area contributed by atoms with Crippen molar-refractivity contribution in [2.75, 3.05) is 14.2 Å². The first-order valence-electron chi connectivity index (χ1n) is 8.56. The number of aliphatic imine (C=N–C) groups is 1. The van der Waals surface area contributed by atoms with Crippen LogP contribution in [-0.4, -0.2) is 30.8 Å². The molecule has 0 spiro atoms. The van der Waals surface area contributed by atoms with Crippen LogP contribution in [-0.2, 0) is 4.79 Å². The number of hydrogen-bond donors (Lipinski definition) is 1. The average Bonchev–Trinajstić information content (AvgIpc) is 2.53. The summed E-state index contributed by atoms with van der Waals surface area (Å²) in [5.41, 5.74) is 1.42. The molecule has 0 heterocycles. The zero-order chi connectivity index (χ0) is 18.6. The van der Waals surface area contributed by atoms with E-state index < -0.39 is 0 Å². The lowest BCUT2D eigenvalue weighted by molar-refractivity contribution is -0.117. The molecule has 0 unspecified atom stereocenters. The number of hydrogen-bond acceptors (Lipinski definition) is 5. The highest BCUT2D eigenvalue weighted by molar-refractivity contribution is 6.25. The van der Waals surface area contributed by atoms with Gasteiger partial charge in [-0.15, -0.1) is 0 Å². The Labute approximate surface area is 149 Å². The van der Waals surface area contributed by atoms with E-state index in [1.54, 1.807) is 32.4 Å². The molecule has 1 fully saturated rings. The van der Waals surface area contributed by atoms with Crippen molar-refractivity contribution in [2.45, 2.75) is 46.5 Å². The number of Topliss-reactive ketones (excluding diaryl/α,β-unsaturated/α-hetero) is 1. The maximum absolute atomic E-state index is 12.6. The topological polar surface area (TPSA) is 68.1 Å². The third-order valence-corrected chi connectivity index (χ3v) is 4.27. The third-order valence-electron chi connectivity index (χ3n) is 4.27. The number of methoxy groups -OCH3 is 2. The van der Waals surface area contributed by atoms with Crippen molar-refractivity contribution in [3.8, 4) is 11.5 Å². The molecule has 5 nitrogen and oxygen atoms in total. The zero-order valence-corrected chi connectivity index (χ0v) is 15.7. The lowest BCUT2D eigenvalue weighted by atomic mass is 9.73. The Hall–Kier alpha value is -2.30. The predicted octanol–water partition coefficient (Wildman–Crippen LogP) is 4.78. The average molecular weight is 345 g/mol. The molecule has 0 atom stereocenters. The molecule has 136 valence electrons. The number of nitrogens with zero attached hydrogens (tertiary/aromatic N) is 1. The smallest absolute Gasteiger partial charge is 0.168 e. The maximum Gasteiger partial charge on any atom is 0.168 e. The number of ketones is 1. The lowest BCUT2D eigenvalue weighted by Gasteiger charge is -2.31. The molecule has 1 saturated carbocycles. The SMILES string of the molecule is CCC/C(O)=C1\C(=O)CC(C)(C)CC1=Nc1ccc(OC)cc1OC. The molecule has 1 aromatic rings. The van der Waals surface area contributed by atoms with Crippen molar-refractivity contribution >= 4 is 17.2 Å². The molecule has 1 aromatic carbocycles. The van der Waals surface area contributed by atoms with E-state index in [2.05, 4.69) is 0 Å². The minimum absolute atomic E-state index is 0.0478. The minimum atomic E-state index is -0.189. The van der Waals surface area contributed by atoms with Crippen molar-refractivity contribution in [2.24, 2.45) is 10.4 Å². The number of carbonyl (C=O) groups is 1. The van der Waals surface area contributed by atoms with Crippen LogP contribution < -0.4 is 9.47 Å². The van der Waals surface area contributed by atoms with Crippen LogP contribution in [0.25, 0.3) is 0 Å². The molecule has 1 aliphatic carbocycles. The van der Waals surface area contributed by atoms with Gasteiger partial charge in [-0.2, -0.15) is 0 Å². The molecule has 0 bridgehead atoms. The molecule has 1 aliphatic rings. The van der Waals surface area contributed by atoms with Crippen LogP contribution in [0.1, 0.15) is 46.5 Å². The van der Waals surface area contributed by atoms with Crippen LogP contribution in [0.2, 0.25) is 0 Å². The van der Waals surface area contributed by atoms with Gasteiger partial charge in [0.25, 0.3) is 0 Å². The molecular formula is C20H27NO4. The quantitative estimate of drug-likeness (QED) is 0.616. The Morgan fingerprint density at radius 3 is 2.56 bits per heavy atom. The van der Waals surface area contributed by atoms with E-state index in [-0.39, 0.29) is 17.0 Å². The highest BCUT2D eigenvalue weighted by Gasteiger charge is 2.36. The van der Waals surface area contributed by atoms with E-state index in [0.29, 0.717) is 47.7 Å². The summed E-state index contributed by atoms with van der Waals surface area (Å²) in [5, 5.41) is 10.4. The van der Waals surface area contributed by atoms with Gasteiger partial charge in [0.2, 0.25) is 0 Å². The van der Waals surface area contributed by atoms with Gasteiger partial charge >= 0.3 is 0 Å². The second-order valence-electron chi connectivity index (χ2n) is 7.11. The second-order valence-corrected chi connectivity index (χ2v) is 7.11. The Morgan fingerprint density at radius 1 is 1.24 bits per heavy atom. The first kappa shape index (κ1) is 19.0. The first-order valence-corrected chi connectivity index (χ1v) is 8.56. The molecule has 0 radical (unpaired) electrons. The van der Waals surface area contributed by atoms with Gasteiger partial charge in [-0.1, -0.05) is 20.8 Å². The van der Waals surface area contributed by atoms with Crippen LogP contribution >= 0.6 is 0 Å². The van der Waals surface area contributed by atoms with E-state index in [1.165, 1.54) is 0 Å². The van der Waals surface area contributed by atoms with Gasteiger partial charge in [0.05, 0.1) is 25.5 Å². The number of ether oxygens (including phenoxy) is 2. The number of carbonyl (C=O) groups excluding carboxylic acids is 1. The Bertz CT molecular complexity index is 716. The summed E-state index contributed by atoms with van der Waals surface area (Å²) in [7, 11) is 3.16. The predicted molar refractivity (Wildman–Crippen MR) is 99.2 cm³/mol. The number of allylic oxidation sites excluding steroid dienone is 2. The van der Waals surface area contributed by atoms with Gasteiger partial charge in [-0.05, 0) is 30.4 Å². The highest BCUT2D eigenvalue weighted by Crippen LogP contribution is 2.39. The molecule has 25 heavy (non-hydrogen) atoms. The number of aliphatic hydroxyl groups is 1. The Balaban J connectivity index is 2.56. The van der Waals surface area contributed by atoms with Gasteiger partial charge in [0.1, 0.15) is 22.9 Å². The van der Waals surface area contributed by atoms with E-state index >= 15 is 0 Å². The van der Waals surface area contributed by atoms with Crippen LogP contribution in [0.5, 0.6) is 11.5 Å². The standard InChI is InChI=1S/C20H27NO4/c1-6-7-16(22)19-15(11-20(2,3)12-17(19)23)21-14-9-8-13(24-4)10-18(14)25-5/h8-10,22H,6-7,11-12H2,1-5H3/b19-16+,21-15?. The van der Waals surface area contributed by atoms with Crippen LogP contribution in [0.15, 0.2) is 34.5 Å². The molecular weight excluding hydrogens is 318 g/mol. The lowest BCUT2D eigenvalue weighted by Crippen LogP contribution is -2.32. The van der Waals surface area contributed by atoms with Crippen molar-refractivity contribution in [3.05, 3.63) is 29.5 Å². The van der Waals surface area contributed by atoms with Gasteiger partial charge in [-0.25, -0.2) is 4.99 Å². The summed E-state index contributed by atoms with van der Waals surface area (Å²) < 4.78 is 10.6. The summed E-state index contributed by atoms with van der Waals surface area (Å²) in [4.78, 5) is 17.3. The Kier molecular flexibility index (Phi) is 5.88. The highest BCUT2D eigenvalue weighted by atomic mass is 16.5. The van der Waals surface area contributed by atoms with E-state index in [0.717, 1.165) is 6.42 Å². The summed E-state index contributed by atoms with van der Waals surface area (Å²) in [6.07, 6.45) is 2.28. The Morgan fingerprint density at radius 2 is 1.96 bits per heavy atom. The van der Waals surface area contributed by atoms with E-state index in [9.17, 15) is 9.90 Å². The number of rotatable bonds is 5. The number of aliphatic hydroxyl groups excluding tert-OH is 1. The molecule has 0 aromatic heterocycles. The first-order chi connectivity index (χ1) is 11.8.